The maximum absolute atomic E-state index is 13.4. The lowest BCUT2D eigenvalue weighted by Crippen LogP contribution is -2.00. The smallest absolute Gasteiger partial charge is 0.224 e. The van der Waals surface area contributed by atoms with Gasteiger partial charge >= 0.3 is 0 Å². The minimum atomic E-state index is -0.299. The molecular formula is C25H20FNOS. The van der Waals surface area contributed by atoms with Gasteiger partial charge in [0.25, 0.3) is 0 Å². The fourth-order valence-corrected chi connectivity index (χ4v) is 4.15. The standard InChI is InChI=1S/C25H20FNOS/c1-15-4-10-20(11-5-15)29-25(28)22-14-23(18-6-8-19(26)9-7-18)27-24-17(3)12-16(2)13-21(22)24/h4-14H,1-3H3. The monoisotopic (exact) mass is 401 g/mol. The van der Waals surface area contributed by atoms with Crippen molar-refractivity contribution in [3.05, 3.63) is 94.8 Å². The second-order valence-electron chi connectivity index (χ2n) is 7.24. The molecular weight excluding hydrogens is 381 g/mol. The Morgan fingerprint density at radius 1 is 0.862 bits per heavy atom. The molecule has 0 aliphatic heterocycles. The molecule has 0 N–H and O–H groups in total. The van der Waals surface area contributed by atoms with Crippen LogP contribution in [0.2, 0.25) is 0 Å². The molecule has 0 saturated carbocycles. The second kappa shape index (κ2) is 7.80. The Bertz CT molecular complexity index is 1210. The van der Waals surface area contributed by atoms with Gasteiger partial charge < -0.3 is 0 Å². The molecule has 1 aromatic heterocycles. The normalized spacial score (nSPS) is 11.0. The van der Waals surface area contributed by atoms with Crippen molar-refractivity contribution in [3.63, 3.8) is 0 Å². The van der Waals surface area contributed by atoms with Crippen molar-refractivity contribution in [2.24, 2.45) is 0 Å². The van der Waals surface area contributed by atoms with E-state index in [0.717, 1.165) is 38.1 Å². The van der Waals surface area contributed by atoms with E-state index in [2.05, 4.69) is 6.07 Å². The number of nitrogens with zero attached hydrogens (tertiary/aromatic N) is 1. The predicted molar refractivity (Wildman–Crippen MR) is 118 cm³/mol. The summed E-state index contributed by atoms with van der Waals surface area (Å²) in [4.78, 5) is 18.9. The fraction of sp³-hybridized carbons (Fsp3) is 0.120. The molecule has 0 aliphatic rings. The lowest BCUT2D eigenvalue weighted by atomic mass is 10.0. The lowest BCUT2D eigenvalue weighted by Gasteiger charge is -2.12. The average molecular weight is 402 g/mol. The van der Waals surface area contributed by atoms with Crippen LogP contribution in [0.1, 0.15) is 27.0 Å². The van der Waals surface area contributed by atoms with E-state index in [0.29, 0.717) is 11.3 Å². The zero-order valence-corrected chi connectivity index (χ0v) is 17.3. The van der Waals surface area contributed by atoms with Gasteiger partial charge in [-0.1, -0.05) is 29.3 Å². The number of hydrogen-bond acceptors (Lipinski definition) is 3. The first-order valence-corrected chi connectivity index (χ1v) is 10.2. The average Bonchev–Trinajstić information content (AvgIpc) is 2.69. The Kier molecular flexibility index (Phi) is 5.20. The van der Waals surface area contributed by atoms with E-state index < -0.39 is 0 Å². The molecule has 2 nitrogen and oxygen atoms in total. The van der Waals surface area contributed by atoms with Crippen LogP contribution in [0.5, 0.6) is 0 Å². The Labute approximate surface area is 173 Å². The summed E-state index contributed by atoms with van der Waals surface area (Å²) >= 11 is 1.21. The fourth-order valence-electron chi connectivity index (χ4n) is 3.39. The summed E-state index contributed by atoms with van der Waals surface area (Å²) in [6.45, 7) is 6.03. The number of aryl methyl sites for hydroxylation is 3. The summed E-state index contributed by atoms with van der Waals surface area (Å²) in [5, 5.41) is 0.813. The van der Waals surface area contributed by atoms with Crippen molar-refractivity contribution in [2.75, 3.05) is 0 Å². The highest BCUT2D eigenvalue weighted by Gasteiger charge is 2.17. The van der Waals surface area contributed by atoms with Gasteiger partial charge in [-0.05, 0) is 86.6 Å². The van der Waals surface area contributed by atoms with Crippen LogP contribution < -0.4 is 0 Å². The molecule has 4 heteroatoms. The number of thioether (sulfide) groups is 1. The van der Waals surface area contributed by atoms with Gasteiger partial charge in [-0.3, -0.25) is 4.79 Å². The number of fused-ring (bicyclic) bond motifs is 1. The number of carbonyl (C=O) groups excluding carboxylic acids is 1. The maximum Gasteiger partial charge on any atom is 0.224 e. The highest BCUT2D eigenvalue weighted by atomic mass is 32.2. The Morgan fingerprint density at radius 3 is 2.24 bits per heavy atom. The van der Waals surface area contributed by atoms with Gasteiger partial charge in [0.15, 0.2) is 0 Å². The number of hydrogen-bond donors (Lipinski definition) is 0. The molecule has 1 heterocycles. The lowest BCUT2D eigenvalue weighted by molar-refractivity contribution is 0.109. The SMILES string of the molecule is Cc1ccc(SC(=O)c2cc(-c3ccc(F)cc3)nc3c(C)cc(C)cc23)cc1. The molecule has 29 heavy (non-hydrogen) atoms. The quantitative estimate of drug-likeness (QED) is 0.350. The highest BCUT2D eigenvalue weighted by Crippen LogP contribution is 2.32. The molecule has 0 bridgehead atoms. The summed E-state index contributed by atoms with van der Waals surface area (Å²) in [5.74, 6) is -0.299. The van der Waals surface area contributed by atoms with E-state index in [-0.39, 0.29) is 10.9 Å². The van der Waals surface area contributed by atoms with Crippen LogP contribution in [0.4, 0.5) is 4.39 Å². The van der Waals surface area contributed by atoms with Crippen molar-refractivity contribution < 1.29 is 9.18 Å². The predicted octanol–water partition coefficient (Wildman–Crippen LogP) is 6.90. The number of rotatable bonds is 3. The van der Waals surface area contributed by atoms with E-state index in [1.807, 2.05) is 57.2 Å². The molecule has 0 amide bonds. The van der Waals surface area contributed by atoms with Crippen molar-refractivity contribution >= 4 is 27.8 Å². The van der Waals surface area contributed by atoms with Gasteiger partial charge in [-0.25, -0.2) is 9.37 Å². The first kappa shape index (κ1) is 19.3. The number of carbonyl (C=O) groups is 1. The van der Waals surface area contributed by atoms with Gasteiger partial charge in [-0.15, -0.1) is 0 Å². The Hall–Kier alpha value is -2.98. The van der Waals surface area contributed by atoms with Gasteiger partial charge in [-0.2, -0.15) is 0 Å². The topological polar surface area (TPSA) is 30.0 Å². The van der Waals surface area contributed by atoms with Crippen LogP contribution in [-0.2, 0) is 0 Å². The van der Waals surface area contributed by atoms with Gasteiger partial charge in [0.05, 0.1) is 11.2 Å². The first-order chi connectivity index (χ1) is 13.9. The molecule has 0 atom stereocenters. The second-order valence-corrected chi connectivity index (χ2v) is 8.29. The molecule has 0 saturated heterocycles. The minimum Gasteiger partial charge on any atom is -0.281 e. The maximum atomic E-state index is 13.4. The number of aromatic nitrogens is 1. The zero-order chi connectivity index (χ0) is 20.5. The van der Waals surface area contributed by atoms with E-state index in [9.17, 15) is 9.18 Å². The van der Waals surface area contributed by atoms with Gasteiger partial charge in [0.1, 0.15) is 5.82 Å². The largest absolute Gasteiger partial charge is 0.281 e. The molecule has 0 radical (unpaired) electrons. The van der Waals surface area contributed by atoms with Crippen LogP contribution in [0, 0.1) is 26.6 Å². The molecule has 0 fully saturated rings. The summed E-state index contributed by atoms with van der Waals surface area (Å²) in [7, 11) is 0. The molecule has 0 spiro atoms. The third-order valence-electron chi connectivity index (χ3n) is 4.84. The molecule has 0 aliphatic carbocycles. The third kappa shape index (κ3) is 4.08. The zero-order valence-electron chi connectivity index (χ0n) is 16.5. The highest BCUT2D eigenvalue weighted by molar-refractivity contribution is 8.14. The molecule has 4 aromatic rings. The van der Waals surface area contributed by atoms with Crippen molar-refractivity contribution in [1.82, 2.24) is 4.98 Å². The van der Waals surface area contributed by atoms with Crippen molar-refractivity contribution in [1.29, 1.82) is 0 Å². The van der Waals surface area contributed by atoms with E-state index in [1.54, 1.807) is 12.1 Å². The summed E-state index contributed by atoms with van der Waals surface area (Å²) in [6, 6.07) is 20.0. The number of benzene rings is 3. The Morgan fingerprint density at radius 2 is 1.55 bits per heavy atom. The summed E-state index contributed by atoms with van der Waals surface area (Å²) in [5.41, 5.74) is 6.11. The van der Waals surface area contributed by atoms with Crippen LogP contribution >= 0.6 is 11.8 Å². The molecule has 4 rings (SSSR count). The van der Waals surface area contributed by atoms with E-state index in [4.69, 9.17) is 4.98 Å². The number of pyridine rings is 1. The minimum absolute atomic E-state index is 0.0328. The van der Waals surface area contributed by atoms with E-state index >= 15 is 0 Å². The van der Waals surface area contributed by atoms with E-state index in [1.165, 1.54) is 23.9 Å². The third-order valence-corrected chi connectivity index (χ3v) is 5.75. The molecule has 144 valence electrons. The Balaban J connectivity index is 1.86. The van der Waals surface area contributed by atoms with Crippen molar-refractivity contribution in [2.45, 2.75) is 25.7 Å². The molecule has 3 aromatic carbocycles. The van der Waals surface area contributed by atoms with Crippen LogP contribution in [0.15, 0.2) is 71.6 Å². The summed E-state index contributed by atoms with van der Waals surface area (Å²) < 4.78 is 13.4. The summed E-state index contributed by atoms with van der Waals surface area (Å²) in [6.07, 6.45) is 0. The van der Waals surface area contributed by atoms with Crippen LogP contribution in [0.3, 0.4) is 0 Å². The number of halogens is 1. The van der Waals surface area contributed by atoms with Crippen LogP contribution in [0.25, 0.3) is 22.2 Å². The van der Waals surface area contributed by atoms with Crippen LogP contribution in [-0.4, -0.2) is 10.1 Å². The molecule has 0 unspecified atom stereocenters. The first-order valence-electron chi connectivity index (χ1n) is 9.37. The van der Waals surface area contributed by atoms with Crippen molar-refractivity contribution in [3.8, 4) is 11.3 Å². The van der Waals surface area contributed by atoms with Gasteiger partial charge in [0.2, 0.25) is 5.12 Å². The van der Waals surface area contributed by atoms with Gasteiger partial charge in [0, 0.05) is 21.4 Å².